The highest BCUT2D eigenvalue weighted by Crippen LogP contribution is 2.16. The lowest BCUT2D eigenvalue weighted by Gasteiger charge is -2.04. The average molecular weight is 335 g/mol. The maximum atomic E-state index is 12.0. The van der Waals surface area contributed by atoms with Crippen LogP contribution in [-0.4, -0.2) is 22.6 Å². The van der Waals surface area contributed by atoms with E-state index in [1.807, 2.05) is 62.4 Å². The molecule has 1 aromatic heterocycles. The Balaban J connectivity index is 1.47. The molecule has 0 aliphatic heterocycles. The van der Waals surface area contributed by atoms with E-state index >= 15 is 0 Å². The van der Waals surface area contributed by atoms with Crippen molar-refractivity contribution in [3.63, 3.8) is 0 Å². The van der Waals surface area contributed by atoms with Gasteiger partial charge in [-0.1, -0.05) is 52.7 Å². The molecule has 3 rings (SSSR count). The maximum Gasteiger partial charge on any atom is 0.251 e. The zero-order chi connectivity index (χ0) is 17.6. The van der Waals surface area contributed by atoms with Gasteiger partial charge in [-0.3, -0.25) is 4.79 Å². The van der Waals surface area contributed by atoms with Crippen molar-refractivity contribution in [3.8, 4) is 11.4 Å². The number of rotatable bonds is 6. The fraction of sp³-hybridized carbons (Fsp3) is 0.250. The van der Waals surface area contributed by atoms with Crippen molar-refractivity contribution in [2.24, 2.45) is 0 Å². The second kappa shape index (κ2) is 7.75. The molecule has 0 atom stereocenters. The molecule has 0 bridgehead atoms. The first-order valence-corrected chi connectivity index (χ1v) is 8.36. The van der Waals surface area contributed by atoms with E-state index in [9.17, 15) is 4.79 Å². The molecule has 128 valence electrons. The molecule has 3 aromatic rings. The fourth-order valence-electron chi connectivity index (χ4n) is 2.42. The zero-order valence-electron chi connectivity index (χ0n) is 14.5. The van der Waals surface area contributed by atoms with Crippen molar-refractivity contribution in [1.29, 1.82) is 0 Å². The summed E-state index contributed by atoms with van der Waals surface area (Å²) in [5.41, 5.74) is 3.94. The molecule has 0 aliphatic carbocycles. The lowest BCUT2D eigenvalue weighted by molar-refractivity contribution is 0.0953. The zero-order valence-corrected chi connectivity index (χ0v) is 14.5. The number of hydrogen-bond acceptors (Lipinski definition) is 4. The molecule has 0 saturated heterocycles. The van der Waals surface area contributed by atoms with Gasteiger partial charge in [-0.15, -0.1) is 0 Å². The highest BCUT2D eigenvalue weighted by molar-refractivity contribution is 5.94. The van der Waals surface area contributed by atoms with E-state index in [-0.39, 0.29) is 5.91 Å². The Morgan fingerprint density at radius 1 is 1.00 bits per heavy atom. The van der Waals surface area contributed by atoms with Gasteiger partial charge < -0.3 is 9.84 Å². The summed E-state index contributed by atoms with van der Waals surface area (Å²) in [6, 6.07) is 15.5. The van der Waals surface area contributed by atoms with Gasteiger partial charge in [0.1, 0.15) is 0 Å². The molecule has 0 radical (unpaired) electrons. The van der Waals surface area contributed by atoms with Gasteiger partial charge >= 0.3 is 0 Å². The van der Waals surface area contributed by atoms with Gasteiger partial charge in [0.25, 0.3) is 5.91 Å². The number of nitrogens with one attached hydrogen (secondary N) is 1. The normalized spacial score (nSPS) is 10.6. The Labute approximate surface area is 147 Å². The van der Waals surface area contributed by atoms with E-state index in [2.05, 4.69) is 15.5 Å². The Kier molecular flexibility index (Phi) is 5.23. The van der Waals surface area contributed by atoms with Crippen LogP contribution < -0.4 is 5.32 Å². The third kappa shape index (κ3) is 4.53. The summed E-state index contributed by atoms with van der Waals surface area (Å²) in [6.45, 7) is 4.60. The predicted molar refractivity (Wildman–Crippen MR) is 96.3 cm³/mol. The molecule has 2 aromatic carbocycles. The summed E-state index contributed by atoms with van der Waals surface area (Å²) < 4.78 is 5.28. The van der Waals surface area contributed by atoms with Crippen molar-refractivity contribution >= 4 is 5.91 Å². The van der Waals surface area contributed by atoms with Gasteiger partial charge in [0.05, 0.1) is 0 Å². The summed E-state index contributed by atoms with van der Waals surface area (Å²) in [5, 5.41) is 6.92. The lowest BCUT2D eigenvalue weighted by Crippen LogP contribution is -2.24. The van der Waals surface area contributed by atoms with Gasteiger partial charge in [-0.25, -0.2) is 0 Å². The first-order chi connectivity index (χ1) is 12.1. The molecule has 25 heavy (non-hydrogen) atoms. The minimum atomic E-state index is -0.0640. The van der Waals surface area contributed by atoms with E-state index in [1.165, 1.54) is 5.56 Å². The van der Waals surface area contributed by atoms with Crippen molar-refractivity contribution < 1.29 is 9.32 Å². The van der Waals surface area contributed by atoms with Crippen LogP contribution >= 0.6 is 0 Å². The van der Waals surface area contributed by atoms with E-state index < -0.39 is 0 Å². The van der Waals surface area contributed by atoms with Crippen LogP contribution in [0.15, 0.2) is 53.1 Å². The summed E-state index contributed by atoms with van der Waals surface area (Å²) in [7, 11) is 0. The molecule has 1 heterocycles. The largest absolute Gasteiger partial charge is 0.352 e. The summed E-state index contributed by atoms with van der Waals surface area (Å²) in [4.78, 5) is 16.4. The standard InChI is InChI=1S/C20H21N3O2/c1-14-5-9-16(10-6-14)19-22-18(25-23-19)4-3-13-21-20(24)17-11-7-15(2)8-12-17/h5-12H,3-4,13H2,1-2H3,(H,21,24). The Morgan fingerprint density at radius 2 is 1.64 bits per heavy atom. The quantitative estimate of drug-likeness (QED) is 0.697. The van der Waals surface area contributed by atoms with Crippen LogP contribution in [-0.2, 0) is 6.42 Å². The second-order valence-electron chi connectivity index (χ2n) is 6.10. The minimum absolute atomic E-state index is 0.0640. The molecule has 0 spiro atoms. The highest BCUT2D eigenvalue weighted by Gasteiger charge is 2.09. The summed E-state index contributed by atoms with van der Waals surface area (Å²) >= 11 is 0. The van der Waals surface area contributed by atoms with Crippen LogP contribution in [0.25, 0.3) is 11.4 Å². The van der Waals surface area contributed by atoms with Crippen LogP contribution in [0.3, 0.4) is 0 Å². The Hall–Kier alpha value is -2.95. The first kappa shape index (κ1) is 16.9. The van der Waals surface area contributed by atoms with E-state index in [4.69, 9.17) is 4.52 Å². The third-order valence-corrected chi connectivity index (χ3v) is 3.94. The Morgan fingerprint density at radius 3 is 2.32 bits per heavy atom. The number of amides is 1. The maximum absolute atomic E-state index is 12.0. The van der Waals surface area contributed by atoms with Gasteiger partial charge in [-0.05, 0) is 32.4 Å². The molecule has 1 N–H and O–H groups in total. The van der Waals surface area contributed by atoms with Crippen LogP contribution in [0, 0.1) is 13.8 Å². The van der Waals surface area contributed by atoms with Crippen molar-refractivity contribution in [1.82, 2.24) is 15.5 Å². The molecule has 0 fully saturated rings. The molecule has 0 aliphatic rings. The van der Waals surface area contributed by atoms with Crippen LogP contribution in [0.2, 0.25) is 0 Å². The number of benzene rings is 2. The number of aromatic nitrogens is 2. The molecule has 1 amide bonds. The van der Waals surface area contributed by atoms with Crippen LogP contribution in [0.5, 0.6) is 0 Å². The third-order valence-electron chi connectivity index (χ3n) is 3.94. The highest BCUT2D eigenvalue weighted by atomic mass is 16.5. The summed E-state index contributed by atoms with van der Waals surface area (Å²) in [6.07, 6.45) is 1.38. The van der Waals surface area contributed by atoms with Gasteiger partial charge in [0.2, 0.25) is 11.7 Å². The number of aryl methyl sites for hydroxylation is 3. The average Bonchev–Trinajstić information content (AvgIpc) is 3.09. The molecule has 5 nitrogen and oxygen atoms in total. The molecule has 0 unspecified atom stereocenters. The fourth-order valence-corrected chi connectivity index (χ4v) is 2.42. The van der Waals surface area contributed by atoms with Crippen LogP contribution in [0.4, 0.5) is 0 Å². The van der Waals surface area contributed by atoms with Crippen LogP contribution in [0.1, 0.15) is 33.8 Å². The smallest absolute Gasteiger partial charge is 0.251 e. The van der Waals surface area contributed by atoms with Crippen molar-refractivity contribution in [2.75, 3.05) is 6.54 Å². The lowest BCUT2D eigenvalue weighted by atomic mass is 10.1. The Bertz CT molecular complexity index is 836. The molecular weight excluding hydrogens is 314 g/mol. The number of hydrogen-bond donors (Lipinski definition) is 1. The predicted octanol–water partition coefficient (Wildman–Crippen LogP) is 3.72. The first-order valence-electron chi connectivity index (χ1n) is 8.36. The van der Waals surface area contributed by atoms with E-state index in [1.54, 1.807) is 0 Å². The molecular formula is C20H21N3O2. The van der Waals surface area contributed by atoms with E-state index in [0.29, 0.717) is 30.2 Å². The van der Waals surface area contributed by atoms with Gasteiger partial charge in [0.15, 0.2) is 0 Å². The molecule has 0 saturated carbocycles. The second-order valence-corrected chi connectivity index (χ2v) is 6.10. The topological polar surface area (TPSA) is 68.0 Å². The monoisotopic (exact) mass is 335 g/mol. The van der Waals surface area contributed by atoms with Crippen molar-refractivity contribution in [2.45, 2.75) is 26.7 Å². The molecule has 5 heteroatoms. The van der Waals surface area contributed by atoms with Gasteiger partial charge in [-0.2, -0.15) is 4.98 Å². The van der Waals surface area contributed by atoms with Crippen molar-refractivity contribution in [3.05, 3.63) is 71.1 Å². The SMILES string of the molecule is Cc1ccc(C(=O)NCCCc2nc(-c3ccc(C)cc3)no2)cc1. The number of carbonyl (C=O) groups is 1. The van der Waals surface area contributed by atoms with Gasteiger partial charge in [0, 0.05) is 24.1 Å². The minimum Gasteiger partial charge on any atom is -0.352 e. The van der Waals surface area contributed by atoms with E-state index in [0.717, 1.165) is 17.5 Å². The number of nitrogens with zero attached hydrogens (tertiary/aromatic N) is 2. The summed E-state index contributed by atoms with van der Waals surface area (Å²) in [5.74, 6) is 1.12. The number of carbonyl (C=O) groups excluding carboxylic acids is 1.